The zero-order chi connectivity index (χ0) is 28.1. The van der Waals surface area contributed by atoms with Gasteiger partial charge < -0.3 is 19.7 Å². The molecule has 1 aromatic heterocycles. The first-order valence-electron chi connectivity index (χ1n) is 13.3. The van der Waals surface area contributed by atoms with Crippen LogP contribution in [-0.4, -0.2) is 47.9 Å². The van der Waals surface area contributed by atoms with Crippen LogP contribution in [0.25, 0.3) is 27.4 Å². The zero-order valence-electron chi connectivity index (χ0n) is 22.8. The normalized spacial score (nSPS) is 11.9. The number of hydrogen-bond donors (Lipinski definition) is 1. The third-order valence-electron chi connectivity index (χ3n) is 7.02. The molecule has 1 atom stereocenters. The number of urea groups is 1. The molecule has 1 heterocycles. The van der Waals surface area contributed by atoms with Crippen molar-refractivity contribution in [2.45, 2.75) is 19.4 Å². The number of ether oxygens (including phenoxy) is 2. The number of anilines is 1. The molecule has 0 aliphatic heterocycles. The average Bonchev–Trinajstić information content (AvgIpc) is 2.99. The Labute approximate surface area is 232 Å². The number of fused-ring (bicyclic) bond motifs is 2. The summed E-state index contributed by atoms with van der Waals surface area (Å²) in [4.78, 5) is 34.5. The minimum atomic E-state index is -0.524. The highest BCUT2D eigenvalue weighted by atomic mass is 16.5. The van der Waals surface area contributed by atoms with Crippen molar-refractivity contribution in [1.82, 2.24) is 14.5 Å². The highest BCUT2D eigenvalue weighted by Gasteiger charge is 2.29. The van der Waals surface area contributed by atoms with Crippen LogP contribution in [0.1, 0.15) is 25.2 Å². The lowest BCUT2D eigenvalue weighted by molar-refractivity contribution is 0.131. The van der Waals surface area contributed by atoms with E-state index < -0.39 is 6.04 Å². The van der Waals surface area contributed by atoms with E-state index in [2.05, 4.69) is 5.32 Å². The van der Waals surface area contributed by atoms with E-state index in [1.54, 1.807) is 41.9 Å². The van der Waals surface area contributed by atoms with E-state index in [9.17, 15) is 9.59 Å². The SMILES string of the molecule is CCC(c1nc2ccccc2c(=O)n1-c1ccc(OC)cc1)N(CCOC)C(=O)Nc1cccc2ccccc12. The monoisotopic (exact) mass is 536 g/mol. The number of rotatable bonds is 9. The minimum absolute atomic E-state index is 0.203. The number of carbonyl (C=O) groups excluding carboxylic acids is 1. The third-order valence-corrected chi connectivity index (χ3v) is 7.02. The number of carbonyl (C=O) groups is 1. The van der Waals surface area contributed by atoms with E-state index in [-0.39, 0.29) is 11.6 Å². The van der Waals surface area contributed by atoms with E-state index in [0.29, 0.717) is 53.4 Å². The molecule has 0 saturated carbocycles. The molecule has 40 heavy (non-hydrogen) atoms. The molecule has 204 valence electrons. The molecule has 5 aromatic rings. The summed E-state index contributed by atoms with van der Waals surface area (Å²) >= 11 is 0. The number of benzene rings is 4. The van der Waals surface area contributed by atoms with Gasteiger partial charge in [-0.05, 0) is 54.3 Å². The van der Waals surface area contributed by atoms with Gasteiger partial charge in [0.25, 0.3) is 5.56 Å². The van der Waals surface area contributed by atoms with Crippen LogP contribution < -0.4 is 15.6 Å². The summed E-state index contributed by atoms with van der Waals surface area (Å²) in [6.45, 7) is 2.60. The molecule has 0 spiro atoms. The van der Waals surface area contributed by atoms with Gasteiger partial charge >= 0.3 is 6.03 Å². The Bertz CT molecular complexity index is 1690. The van der Waals surface area contributed by atoms with Crippen molar-refractivity contribution in [3.8, 4) is 11.4 Å². The molecule has 0 saturated heterocycles. The Balaban J connectivity index is 1.63. The predicted octanol–water partition coefficient (Wildman–Crippen LogP) is 6.18. The van der Waals surface area contributed by atoms with Gasteiger partial charge in [0.05, 0.1) is 42.0 Å². The molecule has 2 amide bonds. The van der Waals surface area contributed by atoms with Crippen molar-refractivity contribution in [2.24, 2.45) is 0 Å². The van der Waals surface area contributed by atoms with E-state index in [4.69, 9.17) is 14.5 Å². The van der Waals surface area contributed by atoms with E-state index in [1.165, 1.54) is 0 Å². The standard InChI is InChI=1S/C32H32N4O4/c1-4-29(35(20-21-39-2)32(38)34-27-15-9-11-22-10-5-6-12-25(22)27)30-33-28-14-8-7-13-26(28)31(37)36(30)23-16-18-24(40-3)19-17-23/h5-19,29H,4,20-21H2,1-3H3,(H,34,38). The lowest BCUT2D eigenvalue weighted by Crippen LogP contribution is -2.42. The topological polar surface area (TPSA) is 85.7 Å². The maximum atomic E-state index is 13.9. The summed E-state index contributed by atoms with van der Waals surface area (Å²) in [5.74, 6) is 1.15. The van der Waals surface area contributed by atoms with Crippen molar-refractivity contribution >= 4 is 33.4 Å². The van der Waals surface area contributed by atoms with Crippen LogP contribution in [0, 0.1) is 0 Å². The number of para-hydroxylation sites is 1. The second kappa shape index (κ2) is 12.0. The fourth-order valence-electron chi connectivity index (χ4n) is 5.01. The van der Waals surface area contributed by atoms with Gasteiger partial charge in [-0.1, -0.05) is 55.5 Å². The number of nitrogens with zero attached hydrogens (tertiary/aromatic N) is 3. The van der Waals surface area contributed by atoms with Crippen LogP contribution in [-0.2, 0) is 4.74 Å². The van der Waals surface area contributed by atoms with Crippen molar-refractivity contribution < 1.29 is 14.3 Å². The first-order valence-corrected chi connectivity index (χ1v) is 13.3. The molecule has 0 aliphatic rings. The number of aromatic nitrogens is 2. The van der Waals surface area contributed by atoms with Crippen molar-refractivity contribution in [3.63, 3.8) is 0 Å². The van der Waals surface area contributed by atoms with Gasteiger partial charge in [-0.3, -0.25) is 9.36 Å². The maximum Gasteiger partial charge on any atom is 0.322 e. The summed E-state index contributed by atoms with van der Waals surface area (Å²) in [6.07, 6.45) is 0.521. The van der Waals surface area contributed by atoms with Gasteiger partial charge in [0.1, 0.15) is 11.6 Å². The van der Waals surface area contributed by atoms with Gasteiger partial charge in [0, 0.05) is 19.0 Å². The quantitative estimate of drug-likeness (QED) is 0.243. The smallest absolute Gasteiger partial charge is 0.322 e. The van der Waals surface area contributed by atoms with Gasteiger partial charge in [-0.25, -0.2) is 9.78 Å². The van der Waals surface area contributed by atoms with Crippen molar-refractivity contribution in [3.05, 3.63) is 107 Å². The predicted molar refractivity (Wildman–Crippen MR) is 158 cm³/mol. The minimum Gasteiger partial charge on any atom is -0.497 e. The van der Waals surface area contributed by atoms with E-state index >= 15 is 0 Å². The van der Waals surface area contributed by atoms with Gasteiger partial charge in [-0.15, -0.1) is 0 Å². The van der Waals surface area contributed by atoms with Gasteiger partial charge in [-0.2, -0.15) is 0 Å². The largest absolute Gasteiger partial charge is 0.497 e. The molecule has 1 N–H and O–H groups in total. The van der Waals surface area contributed by atoms with Crippen LogP contribution in [0.3, 0.4) is 0 Å². The molecule has 4 aromatic carbocycles. The van der Waals surface area contributed by atoms with Crippen molar-refractivity contribution in [2.75, 3.05) is 32.7 Å². The molecule has 8 nitrogen and oxygen atoms in total. The first kappa shape index (κ1) is 26.9. The zero-order valence-corrected chi connectivity index (χ0v) is 22.8. The summed E-state index contributed by atoms with van der Waals surface area (Å²) in [7, 11) is 3.20. The summed E-state index contributed by atoms with van der Waals surface area (Å²) in [5.41, 5.74) is 1.72. The Kier molecular flexibility index (Phi) is 8.07. The molecule has 1 unspecified atom stereocenters. The third kappa shape index (κ3) is 5.26. The molecular weight excluding hydrogens is 504 g/mol. The second-order valence-electron chi connectivity index (χ2n) is 9.39. The van der Waals surface area contributed by atoms with Gasteiger partial charge in [0.15, 0.2) is 0 Å². The highest BCUT2D eigenvalue weighted by Crippen LogP contribution is 2.29. The fourth-order valence-corrected chi connectivity index (χ4v) is 5.01. The number of hydrogen-bond acceptors (Lipinski definition) is 5. The summed E-state index contributed by atoms with van der Waals surface area (Å²) < 4.78 is 12.3. The maximum absolute atomic E-state index is 13.9. The van der Waals surface area contributed by atoms with Crippen LogP contribution in [0.5, 0.6) is 5.75 Å². The van der Waals surface area contributed by atoms with Crippen LogP contribution >= 0.6 is 0 Å². The Hall–Kier alpha value is -4.69. The summed E-state index contributed by atoms with van der Waals surface area (Å²) in [5, 5.41) is 5.57. The molecule has 0 fully saturated rings. The van der Waals surface area contributed by atoms with Crippen LogP contribution in [0.2, 0.25) is 0 Å². The van der Waals surface area contributed by atoms with E-state index in [1.807, 2.05) is 79.7 Å². The Morgan fingerprint density at radius 3 is 2.35 bits per heavy atom. The highest BCUT2D eigenvalue weighted by molar-refractivity contribution is 6.01. The van der Waals surface area contributed by atoms with Crippen LogP contribution in [0.15, 0.2) is 95.8 Å². The van der Waals surface area contributed by atoms with Gasteiger partial charge in [0.2, 0.25) is 0 Å². The number of nitrogens with one attached hydrogen (secondary N) is 1. The Morgan fingerprint density at radius 2 is 1.62 bits per heavy atom. The fraction of sp³-hybridized carbons (Fsp3) is 0.219. The molecule has 0 bridgehead atoms. The molecule has 0 radical (unpaired) electrons. The average molecular weight is 537 g/mol. The lowest BCUT2D eigenvalue weighted by Gasteiger charge is -2.32. The second-order valence-corrected chi connectivity index (χ2v) is 9.39. The molecule has 0 aliphatic carbocycles. The molecule has 8 heteroatoms. The number of methoxy groups -OCH3 is 2. The first-order chi connectivity index (χ1) is 19.5. The van der Waals surface area contributed by atoms with Crippen LogP contribution in [0.4, 0.5) is 10.5 Å². The molecular formula is C32H32N4O4. The Morgan fingerprint density at radius 1 is 0.925 bits per heavy atom. The van der Waals surface area contributed by atoms with Crippen molar-refractivity contribution in [1.29, 1.82) is 0 Å². The lowest BCUT2D eigenvalue weighted by atomic mass is 10.1. The van der Waals surface area contributed by atoms with E-state index in [0.717, 1.165) is 10.8 Å². The number of amides is 2. The summed E-state index contributed by atoms with van der Waals surface area (Å²) in [6, 6.07) is 27.4. The molecule has 5 rings (SSSR count).